The molecule has 2 amide bonds. The third-order valence-electron chi connectivity index (χ3n) is 9.09. The number of rotatable bonds is 11. The van der Waals surface area contributed by atoms with Crippen LogP contribution in [0, 0.1) is 23.2 Å². The van der Waals surface area contributed by atoms with Crippen molar-refractivity contribution in [3.8, 4) is 11.5 Å². The van der Waals surface area contributed by atoms with Crippen LogP contribution in [0.5, 0.6) is 11.5 Å². The van der Waals surface area contributed by atoms with Crippen LogP contribution in [0.1, 0.15) is 55.2 Å². The highest BCUT2D eigenvalue weighted by molar-refractivity contribution is 5.90. The molecule has 0 unspecified atom stereocenters. The number of ether oxygens (including phenoxy) is 2. The molecule has 0 saturated heterocycles. The molecular weight excluding hydrogens is 500 g/mol. The van der Waals surface area contributed by atoms with Crippen molar-refractivity contribution in [1.82, 2.24) is 5.32 Å². The molecule has 6 heteroatoms. The van der Waals surface area contributed by atoms with Crippen LogP contribution in [-0.2, 0) is 29.2 Å². The predicted molar refractivity (Wildman–Crippen MR) is 153 cm³/mol. The van der Waals surface area contributed by atoms with Gasteiger partial charge in [-0.15, -0.1) is 0 Å². The Morgan fingerprint density at radius 3 is 1.80 bits per heavy atom. The van der Waals surface area contributed by atoms with Crippen molar-refractivity contribution in [3.05, 3.63) is 95.6 Å². The van der Waals surface area contributed by atoms with Gasteiger partial charge in [-0.3, -0.25) is 9.59 Å². The number of benzene rings is 3. The standard InChI is InChI=1S/C34H38N2O4/c35-32(37)29(36-33(38)34-18-26-13-27(19-34)15-28(14-26)20-34)16-25-11-12-30(39-21-23-7-3-1-4-8-23)31(17-25)40-22-24-9-5-2-6-10-24/h1-12,17,26-29H,13-16,18-22H2,(H2,35,37)(H,36,38)/t26?,27?,28?,29-,34?/m0/s1. The third-order valence-corrected chi connectivity index (χ3v) is 9.09. The summed E-state index contributed by atoms with van der Waals surface area (Å²) in [7, 11) is 0. The van der Waals surface area contributed by atoms with Gasteiger partial charge in [0.25, 0.3) is 0 Å². The zero-order chi connectivity index (χ0) is 27.5. The first kappa shape index (κ1) is 26.4. The lowest BCUT2D eigenvalue weighted by Gasteiger charge is -2.55. The van der Waals surface area contributed by atoms with Gasteiger partial charge in [-0.05, 0) is 85.1 Å². The van der Waals surface area contributed by atoms with Crippen molar-refractivity contribution in [2.75, 3.05) is 0 Å². The summed E-state index contributed by atoms with van der Waals surface area (Å²) < 4.78 is 12.3. The summed E-state index contributed by atoms with van der Waals surface area (Å²) in [6.45, 7) is 0.793. The van der Waals surface area contributed by atoms with Gasteiger partial charge in [-0.25, -0.2) is 0 Å². The van der Waals surface area contributed by atoms with Crippen LogP contribution < -0.4 is 20.5 Å². The quantitative estimate of drug-likeness (QED) is 0.334. The minimum absolute atomic E-state index is 0.0127. The number of amides is 2. The second-order valence-electron chi connectivity index (χ2n) is 12.2. The lowest BCUT2D eigenvalue weighted by molar-refractivity contribution is -0.148. The van der Waals surface area contributed by atoms with E-state index in [0.717, 1.165) is 36.0 Å². The Labute approximate surface area is 236 Å². The molecule has 3 N–H and O–H groups in total. The minimum atomic E-state index is -0.779. The smallest absolute Gasteiger partial charge is 0.240 e. The maximum absolute atomic E-state index is 13.6. The predicted octanol–water partition coefficient (Wildman–Crippen LogP) is 5.57. The van der Waals surface area contributed by atoms with Crippen molar-refractivity contribution < 1.29 is 19.1 Å². The van der Waals surface area contributed by atoms with E-state index >= 15 is 0 Å². The van der Waals surface area contributed by atoms with E-state index in [2.05, 4.69) is 5.32 Å². The largest absolute Gasteiger partial charge is 0.485 e. The van der Waals surface area contributed by atoms with Crippen molar-refractivity contribution in [2.24, 2.45) is 28.9 Å². The second kappa shape index (κ2) is 11.4. The van der Waals surface area contributed by atoms with E-state index in [1.165, 1.54) is 19.3 Å². The first-order valence-corrected chi connectivity index (χ1v) is 14.5. The zero-order valence-corrected chi connectivity index (χ0v) is 22.9. The first-order valence-electron chi connectivity index (χ1n) is 14.5. The van der Waals surface area contributed by atoms with Gasteiger partial charge in [0.15, 0.2) is 11.5 Å². The van der Waals surface area contributed by atoms with Crippen LogP contribution in [0.2, 0.25) is 0 Å². The van der Waals surface area contributed by atoms with Gasteiger partial charge in [-0.2, -0.15) is 0 Å². The topological polar surface area (TPSA) is 90.7 Å². The highest BCUT2D eigenvalue weighted by Gasteiger charge is 2.54. The van der Waals surface area contributed by atoms with E-state index in [0.29, 0.717) is 48.9 Å². The highest BCUT2D eigenvalue weighted by atomic mass is 16.5. The number of hydrogen-bond donors (Lipinski definition) is 2. The maximum Gasteiger partial charge on any atom is 0.240 e. The molecule has 0 radical (unpaired) electrons. The zero-order valence-electron chi connectivity index (χ0n) is 22.9. The molecule has 6 nitrogen and oxygen atoms in total. The molecule has 0 spiro atoms. The third kappa shape index (κ3) is 5.86. The molecule has 40 heavy (non-hydrogen) atoms. The van der Waals surface area contributed by atoms with Crippen LogP contribution >= 0.6 is 0 Å². The molecular formula is C34H38N2O4. The van der Waals surface area contributed by atoms with Crippen LogP contribution in [0.25, 0.3) is 0 Å². The molecule has 0 heterocycles. The SMILES string of the molecule is NC(=O)[C@H](Cc1ccc(OCc2ccccc2)c(OCc2ccccc2)c1)NC(=O)C12CC3CC(CC(C3)C1)C2. The highest BCUT2D eigenvalue weighted by Crippen LogP contribution is 2.60. The number of carbonyl (C=O) groups is 2. The Morgan fingerprint density at radius 2 is 1.27 bits per heavy atom. The van der Waals surface area contributed by atoms with Gasteiger partial charge in [-0.1, -0.05) is 66.7 Å². The van der Waals surface area contributed by atoms with E-state index < -0.39 is 11.9 Å². The second-order valence-corrected chi connectivity index (χ2v) is 12.2. The lowest BCUT2D eigenvalue weighted by Crippen LogP contribution is -2.57. The minimum Gasteiger partial charge on any atom is -0.485 e. The molecule has 7 rings (SSSR count). The molecule has 0 aromatic heterocycles. The van der Waals surface area contributed by atoms with E-state index in [9.17, 15) is 9.59 Å². The molecule has 4 saturated carbocycles. The number of carbonyl (C=O) groups excluding carboxylic acids is 2. The van der Waals surface area contributed by atoms with Gasteiger partial charge in [0, 0.05) is 11.8 Å². The van der Waals surface area contributed by atoms with Crippen molar-refractivity contribution in [3.63, 3.8) is 0 Å². The summed E-state index contributed by atoms with van der Waals surface area (Å²) in [4.78, 5) is 26.2. The van der Waals surface area contributed by atoms with Gasteiger partial charge in [0.2, 0.25) is 11.8 Å². The van der Waals surface area contributed by atoms with Crippen molar-refractivity contribution in [2.45, 2.75) is 64.2 Å². The van der Waals surface area contributed by atoms with Gasteiger partial charge in [0.1, 0.15) is 19.3 Å². The number of nitrogens with one attached hydrogen (secondary N) is 1. The Balaban J connectivity index is 1.18. The number of nitrogens with two attached hydrogens (primary N) is 1. The normalized spacial score (nSPS) is 25.2. The van der Waals surface area contributed by atoms with E-state index in [-0.39, 0.29) is 11.3 Å². The fraction of sp³-hybridized carbons (Fsp3) is 0.412. The average Bonchev–Trinajstić information content (AvgIpc) is 2.95. The molecule has 208 valence electrons. The summed E-state index contributed by atoms with van der Waals surface area (Å²) in [6, 6.07) is 24.8. The summed E-state index contributed by atoms with van der Waals surface area (Å²) in [5, 5.41) is 3.08. The maximum atomic E-state index is 13.6. The van der Waals surface area contributed by atoms with E-state index in [1.54, 1.807) is 0 Å². The molecule has 3 aromatic carbocycles. The van der Waals surface area contributed by atoms with Crippen molar-refractivity contribution in [1.29, 1.82) is 0 Å². The molecule has 3 aromatic rings. The Kier molecular flexibility index (Phi) is 7.50. The monoisotopic (exact) mass is 538 g/mol. The first-order chi connectivity index (χ1) is 19.5. The molecule has 0 aliphatic heterocycles. The van der Waals surface area contributed by atoms with E-state index in [1.807, 2.05) is 78.9 Å². The summed E-state index contributed by atoms with van der Waals surface area (Å²) in [5.41, 5.74) is 8.45. The molecule has 4 aliphatic carbocycles. The van der Waals surface area contributed by atoms with E-state index in [4.69, 9.17) is 15.2 Å². The summed E-state index contributed by atoms with van der Waals surface area (Å²) >= 11 is 0. The molecule has 4 fully saturated rings. The number of primary amides is 1. The summed E-state index contributed by atoms with van der Waals surface area (Å²) in [6.07, 6.45) is 6.92. The van der Waals surface area contributed by atoms with Crippen LogP contribution in [-0.4, -0.2) is 17.9 Å². The molecule has 1 atom stereocenters. The Hall–Kier alpha value is -3.80. The Bertz CT molecular complexity index is 1310. The van der Waals surface area contributed by atoms with Crippen molar-refractivity contribution >= 4 is 11.8 Å². The van der Waals surface area contributed by atoms with Gasteiger partial charge >= 0.3 is 0 Å². The number of hydrogen-bond acceptors (Lipinski definition) is 4. The van der Waals surface area contributed by atoms with Gasteiger partial charge in [0.05, 0.1) is 0 Å². The Morgan fingerprint density at radius 1 is 0.750 bits per heavy atom. The molecule has 4 bridgehead atoms. The van der Waals surface area contributed by atoms with Gasteiger partial charge < -0.3 is 20.5 Å². The fourth-order valence-electron chi connectivity index (χ4n) is 7.54. The van der Waals surface area contributed by atoms with Crippen LogP contribution in [0.3, 0.4) is 0 Å². The molecule has 4 aliphatic rings. The lowest BCUT2D eigenvalue weighted by atomic mass is 9.49. The fourth-order valence-corrected chi connectivity index (χ4v) is 7.54. The van der Waals surface area contributed by atoms with Crippen LogP contribution in [0.15, 0.2) is 78.9 Å². The average molecular weight is 539 g/mol. The van der Waals surface area contributed by atoms with Crippen LogP contribution in [0.4, 0.5) is 0 Å². The summed E-state index contributed by atoms with van der Waals surface area (Å²) in [5.74, 6) is 2.66.